The van der Waals surface area contributed by atoms with Gasteiger partial charge >= 0.3 is 0 Å². The van der Waals surface area contributed by atoms with Gasteiger partial charge in [-0.3, -0.25) is 14.9 Å². The highest BCUT2D eigenvalue weighted by atomic mass is 16.6. The van der Waals surface area contributed by atoms with E-state index in [0.717, 1.165) is 11.3 Å². The third-order valence-electron chi connectivity index (χ3n) is 3.21. The minimum atomic E-state index is -0.464. The van der Waals surface area contributed by atoms with E-state index in [-0.39, 0.29) is 18.0 Å². The number of aryl methyl sites for hydroxylation is 1. The second kappa shape index (κ2) is 6.71. The number of nitrogens with zero attached hydrogens (tertiary/aromatic N) is 1. The molecule has 0 radical (unpaired) electrons. The van der Waals surface area contributed by atoms with Crippen molar-refractivity contribution in [3.8, 4) is 5.75 Å². The Morgan fingerprint density at radius 2 is 1.91 bits per heavy atom. The van der Waals surface area contributed by atoms with Crippen LogP contribution in [0.5, 0.6) is 5.75 Å². The number of hydrogen-bond donors (Lipinski definition) is 1. The first-order chi connectivity index (χ1) is 10.5. The molecule has 1 N–H and O–H groups in total. The summed E-state index contributed by atoms with van der Waals surface area (Å²) in [5, 5.41) is 13.6. The molecule has 2 aromatic rings. The van der Waals surface area contributed by atoms with E-state index in [1.165, 1.54) is 6.07 Å². The number of nitro groups is 1. The molecule has 2 aromatic carbocycles. The lowest BCUT2D eigenvalue weighted by Gasteiger charge is -2.07. The summed E-state index contributed by atoms with van der Waals surface area (Å²) in [6.07, 6.45) is 0.186. The summed E-state index contributed by atoms with van der Waals surface area (Å²) in [4.78, 5) is 22.4. The molecule has 0 fully saturated rings. The summed E-state index contributed by atoms with van der Waals surface area (Å²) in [6, 6.07) is 11.8. The number of carbonyl (C=O) groups excluding carboxylic acids is 1. The Hall–Kier alpha value is -2.89. The van der Waals surface area contributed by atoms with Crippen molar-refractivity contribution in [1.82, 2.24) is 0 Å². The average molecular weight is 300 g/mol. The fraction of sp³-hybridized carbons (Fsp3) is 0.188. The predicted octanol–water partition coefficient (Wildman–Crippen LogP) is 3.09. The van der Waals surface area contributed by atoms with Crippen molar-refractivity contribution in [3.05, 3.63) is 63.7 Å². The standard InChI is InChI=1S/C16H16N2O4/c1-11-3-6-13(10-15(11)18(20)21)17-16(19)9-12-4-7-14(22-2)8-5-12/h3-8,10H,9H2,1-2H3,(H,17,19). The van der Waals surface area contributed by atoms with Crippen LogP contribution in [0, 0.1) is 17.0 Å². The molecule has 114 valence electrons. The number of methoxy groups -OCH3 is 1. The number of anilines is 1. The Morgan fingerprint density at radius 1 is 1.23 bits per heavy atom. The van der Waals surface area contributed by atoms with Crippen LogP contribution in [0.15, 0.2) is 42.5 Å². The molecule has 6 heteroatoms. The minimum absolute atomic E-state index is 0.0118. The molecule has 0 saturated heterocycles. The third-order valence-corrected chi connectivity index (χ3v) is 3.21. The fourth-order valence-corrected chi connectivity index (χ4v) is 2.02. The van der Waals surface area contributed by atoms with Gasteiger partial charge in [0.15, 0.2) is 0 Å². The highest BCUT2D eigenvalue weighted by molar-refractivity contribution is 5.92. The van der Waals surface area contributed by atoms with Crippen molar-refractivity contribution in [1.29, 1.82) is 0 Å². The Kier molecular flexibility index (Phi) is 4.73. The van der Waals surface area contributed by atoms with Gasteiger partial charge in [0, 0.05) is 17.3 Å². The van der Waals surface area contributed by atoms with Gasteiger partial charge in [0.2, 0.25) is 5.91 Å². The highest BCUT2D eigenvalue weighted by Crippen LogP contribution is 2.22. The van der Waals surface area contributed by atoms with E-state index >= 15 is 0 Å². The van der Waals surface area contributed by atoms with E-state index in [9.17, 15) is 14.9 Å². The molecule has 0 aromatic heterocycles. The van der Waals surface area contributed by atoms with Gasteiger partial charge in [-0.25, -0.2) is 0 Å². The number of carbonyl (C=O) groups is 1. The summed E-state index contributed by atoms with van der Waals surface area (Å²) in [6.45, 7) is 1.65. The third kappa shape index (κ3) is 3.82. The van der Waals surface area contributed by atoms with Gasteiger partial charge in [0.25, 0.3) is 5.69 Å². The van der Waals surface area contributed by atoms with Crippen molar-refractivity contribution in [2.24, 2.45) is 0 Å². The van der Waals surface area contributed by atoms with Gasteiger partial charge in [0.1, 0.15) is 5.75 Å². The van der Waals surface area contributed by atoms with Crippen LogP contribution < -0.4 is 10.1 Å². The Balaban J connectivity index is 2.05. The Bertz CT molecular complexity index is 696. The van der Waals surface area contributed by atoms with Crippen LogP contribution in [0.25, 0.3) is 0 Å². The van der Waals surface area contributed by atoms with Crippen LogP contribution in [0.4, 0.5) is 11.4 Å². The Labute approximate surface area is 127 Å². The van der Waals surface area contributed by atoms with Crippen molar-refractivity contribution < 1.29 is 14.5 Å². The summed E-state index contributed by atoms with van der Waals surface area (Å²) in [7, 11) is 1.58. The lowest BCUT2D eigenvalue weighted by Crippen LogP contribution is -2.14. The molecule has 0 atom stereocenters. The van der Waals surface area contributed by atoms with Crippen molar-refractivity contribution >= 4 is 17.3 Å². The maximum atomic E-state index is 12.0. The topological polar surface area (TPSA) is 81.5 Å². The van der Waals surface area contributed by atoms with Crippen LogP contribution in [0.3, 0.4) is 0 Å². The fourth-order valence-electron chi connectivity index (χ4n) is 2.02. The smallest absolute Gasteiger partial charge is 0.274 e. The van der Waals surface area contributed by atoms with E-state index in [1.54, 1.807) is 50.4 Å². The van der Waals surface area contributed by atoms with E-state index in [4.69, 9.17) is 4.74 Å². The average Bonchev–Trinajstić information content (AvgIpc) is 2.49. The summed E-state index contributed by atoms with van der Waals surface area (Å²) in [5.41, 5.74) is 1.79. The SMILES string of the molecule is COc1ccc(CC(=O)Nc2ccc(C)c([N+](=O)[O-])c2)cc1. The predicted molar refractivity (Wildman–Crippen MR) is 83.2 cm³/mol. The first-order valence-electron chi connectivity index (χ1n) is 6.67. The van der Waals surface area contributed by atoms with Crippen molar-refractivity contribution in [3.63, 3.8) is 0 Å². The number of nitrogens with one attached hydrogen (secondary N) is 1. The number of hydrogen-bond acceptors (Lipinski definition) is 4. The van der Waals surface area contributed by atoms with Crippen LogP contribution >= 0.6 is 0 Å². The molecule has 6 nitrogen and oxygen atoms in total. The normalized spacial score (nSPS) is 10.1. The lowest BCUT2D eigenvalue weighted by atomic mass is 10.1. The zero-order chi connectivity index (χ0) is 16.1. The molecule has 2 rings (SSSR count). The first-order valence-corrected chi connectivity index (χ1v) is 6.67. The zero-order valence-corrected chi connectivity index (χ0v) is 12.3. The van der Waals surface area contributed by atoms with Gasteiger partial charge in [-0.2, -0.15) is 0 Å². The molecule has 0 aliphatic rings. The maximum absolute atomic E-state index is 12.0. The van der Waals surface area contributed by atoms with Gasteiger partial charge in [-0.05, 0) is 30.7 Å². The van der Waals surface area contributed by atoms with Gasteiger partial charge < -0.3 is 10.1 Å². The molecule has 0 heterocycles. The second-order valence-electron chi connectivity index (χ2n) is 4.83. The second-order valence-corrected chi connectivity index (χ2v) is 4.83. The first kappa shape index (κ1) is 15.5. The van der Waals surface area contributed by atoms with Gasteiger partial charge in [-0.15, -0.1) is 0 Å². The van der Waals surface area contributed by atoms with Crippen LogP contribution in [-0.2, 0) is 11.2 Å². The summed E-state index contributed by atoms with van der Waals surface area (Å²) >= 11 is 0. The van der Waals surface area contributed by atoms with E-state index in [1.807, 2.05) is 0 Å². The largest absolute Gasteiger partial charge is 0.497 e. The number of amides is 1. The number of benzene rings is 2. The molecular weight excluding hydrogens is 284 g/mol. The highest BCUT2D eigenvalue weighted by Gasteiger charge is 2.12. The van der Waals surface area contributed by atoms with Crippen LogP contribution in [0.2, 0.25) is 0 Å². The van der Waals surface area contributed by atoms with E-state index < -0.39 is 4.92 Å². The summed E-state index contributed by atoms with van der Waals surface area (Å²) < 4.78 is 5.05. The minimum Gasteiger partial charge on any atom is -0.497 e. The van der Waals surface area contributed by atoms with Gasteiger partial charge in [-0.1, -0.05) is 18.2 Å². The molecule has 0 aliphatic carbocycles. The molecular formula is C16H16N2O4. The van der Waals surface area contributed by atoms with Crippen molar-refractivity contribution in [2.45, 2.75) is 13.3 Å². The van der Waals surface area contributed by atoms with Gasteiger partial charge in [0.05, 0.1) is 18.5 Å². The van der Waals surface area contributed by atoms with E-state index in [2.05, 4.69) is 5.32 Å². The number of ether oxygens (including phenoxy) is 1. The molecule has 0 saturated carbocycles. The molecule has 1 amide bonds. The molecule has 0 aliphatic heterocycles. The Morgan fingerprint density at radius 3 is 2.50 bits per heavy atom. The lowest BCUT2D eigenvalue weighted by molar-refractivity contribution is -0.385. The zero-order valence-electron chi connectivity index (χ0n) is 12.3. The number of nitro benzene ring substituents is 1. The quantitative estimate of drug-likeness (QED) is 0.679. The monoisotopic (exact) mass is 300 g/mol. The van der Waals surface area contributed by atoms with Crippen molar-refractivity contribution in [2.75, 3.05) is 12.4 Å². The number of rotatable bonds is 5. The van der Waals surface area contributed by atoms with Crippen LogP contribution in [-0.4, -0.2) is 17.9 Å². The maximum Gasteiger partial charge on any atom is 0.274 e. The molecule has 0 bridgehead atoms. The molecule has 22 heavy (non-hydrogen) atoms. The van der Waals surface area contributed by atoms with Crippen LogP contribution in [0.1, 0.15) is 11.1 Å². The molecule has 0 spiro atoms. The summed E-state index contributed by atoms with van der Waals surface area (Å²) in [5.74, 6) is 0.488. The molecule has 0 unspecified atom stereocenters. The van der Waals surface area contributed by atoms with E-state index in [0.29, 0.717) is 11.3 Å².